The van der Waals surface area contributed by atoms with Gasteiger partial charge in [-0.1, -0.05) is 26.7 Å². The van der Waals surface area contributed by atoms with Crippen LogP contribution in [0.4, 0.5) is 0 Å². The molecule has 112 valence electrons. The van der Waals surface area contributed by atoms with Crippen LogP contribution in [0.2, 0.25) is 0 Å². The first-order valence-corrected chi connectivity index (χ1v) is 7.73. The molecule has 0 amide bonds. The van der Waals surface area contributed by atoms with E-state index in [-0.39, 0.29) is 0 Å². The molecule has 0 radical (unpaired) electrons. The van der Waals surface area contributed by atoms with Gasteiger partial charge in [0.05, 0.1) is 0 Å². The highest BCUT2D eigenvalue weighted by atomic mass is 16.4. The Morgan fingerprint density at radius 3 is 2.47 bits per heavy atom. The fraction of sp³-hybridized carbons (Fsp3) is 0.933. The summed E-state index contributed by atoms with van der Waals surface area (Å²) in [5.74, 6) is -0.365. The Morgan fingerprint density at radius 1 is 1.32 bits per heavy atom. The average molecular weight is 270 g/mol. The molecule has 1 saturated carbocycles. The lowest BCUT2D eigenvalue weighted by atomic mass is 9.92. The van der Waals surface area contributed by atoms with Crippen molar-refractivity contribution in [2.45, 2.75) is 57.9 Å². The van der Waals surface area contributed by atoms with E-state index in [9.17, 15) is 9.90 Å². The molecule has 1 fully saturated rings. The number of rotatable bonds is 11. The summed E-state index contributed by atoms with van der Waals surface area (Å²) >= 11 is 0. The van der Waals surface area contributed by atoms with Crippen molar-refractivity contribution in [2.75, 3.05) is 26.7 Å². The predicted molar refractivity (Wildman–Crippen MR) is 78.4 cm³/mol. The van der Waals surface area contributed by atoms with Gasteiger partial charge < -0.3 is 15.3 Å². The van der Waals surface area contributed by atoms with Crippen LogP contribution in [0.25, 0.3) is 0 Å². The maximum atomic E-state index is 11.8. The molecule has 0 aromatic rings. The van der Waals surface area contributed by atoms with Crippen LogP contribution in [0, 0.1) is 5.92 Å². The van der Waals surface area contributed by atoms with E-state index in [1.165, 1.54) is 12.8 Å². The molecule has 0 heterocycles. The quantitative estimate of drug-likeness (QED) is 0.566. The summed E-state index contributed by atoms with van der Waals surface area (Å²) in [5, 5.41) is 13.0. The van der Waals surface area contributed by atoms with Gasteiger partial charge in [-0.3, -0.25) is 4.79 Å². The molecule has 0 saturated heterocycles. The standard InChI is InChI=1S/C15H30N2O2/c1-4-6-7-11-17(3)12-15(14(18)19,13-8-9-13)16-10-5-2/h13,16H,4-12H2,1-3H3,(H,18,19). The number of carboxylic acid groups (broad SMARTS) is 1. The van der Waals surface area contributed by atoms with Crippen LogP contribution in [0.1, 0.15) is 52.4 Å². The largest absolute Gasteiger partial charge is 0.480 e. The summed E-state index contributed by atoms with van der Waals surface area (Å²) in [6.07, 6.45) is 6.64. The molecule has 0 aromatic heterocycles. The van der Waals surface area contributed by atoms with E-state index >= 15 is 0 Å². The van der Waals surface area contributed by atoms with Crippen molar-refractivity contribution in [2.24, 2.45) is 5.92 Å². The summed E-state index contributed by atoms with van der Waals surface area (Å²) < 4.78 is 0. The normalized spacial score (nSPS) is 18.5. The molecule has 0 aliphatic heterocycles. The molecule has 4 nitrogen and oxygen atoms in total. The van der Waals surface area contributed by atoms with Gasteiger partial charge in [0, 0.05) is 6.54 Å². The van der Waals surface area contributed by atoms with Gasteiger partial charge >= 0.3 is 5.97 Å². The van der Waals surface area contributed by atoms with Gasteiger partial charge in [-0.25, -0.2) is 0 Å². The second-order valence-electron chi connectivity index (χ2n) is 5.92. The van der Waals surface area contributed by atoms with Gasteiger partial charge in [0.15, 0.2) is 0 Å². The van der Waals surface area contributed by atoms with Crippen LogP contribution in [0.3, 0.4) is 0 Å². The Kier molecular flexibility index (Phi) is 6.80. The first kappa shape index (κ1) is 16.4. The molecule has 19 heavy (non-hydrogen) atoms. The third kappa shape index (κ3) is 4.77. The van der Waals surface area contributed by atoms with Crippen molar-refractivity contribution < 1.29 is 9.90 Å². The Bertz CT molecular complexity index is 279. The fourth-order valence-electron chi connectivity index (χ4n) is 2.71. The molecule has 1 aliphatic carbocycles. The van der Waals surface area contributed by atoms with E-state index in [4.69, 9.17) is 0 Å². The van der Waals surface area contributed by atoms with Gasteiger partial charge in [0.25, 0.3) is 0 Å². The van der Waals surface area contributed by atoms with Crippen molar-refractivity contribution in [3.63, 3.8) is 0 Å². The van der Waals surface area contributed by atoms with Crippen LogP contribution in [-0.4, -0.2) is 48.2 Å². The second kappa shape index (κ2) is 7.85. The van der Waals surface area contributed by atoms with E-state index in [1.54, 1.807) is 0 Å². The number of likely N-dealkylation sites (N-methyl/N-ethyl adjacent to an activating group) is 1. The van der Waals surface area contributed by atoms with Gasteiger partial charge in [-0.2, -0.15) is 0 Å². The van der Waals surface area contributed by atoms with E-state index < -0.39 is 11.5 Å². The first-order chi connectivity index (χ1) is 9.06. The summed E-state index contributed by atoms with van der Waals surface area (Å²) in [6, 6.07) is 0. The fourth-order valence-corrected chi connectivity index (χ4v) is 2.71. The zero-order chi connectivity index (χ0) is 14.3. The number of nitrogens with zero attached hydrogens (tertiary/aromatic N) is 1. The van der Waals surface area contributed by atoms with Crippen LogP contribution < -0.4 is 5.32 Å². The van der Waals surface area contributed by atoms with Crippen molar-refractivity contribution in [1.82, 2.24) is 10.2 Å². The highest BCUT2D eigenvalue weighted by Gasteiger charge is 2.51. The zero-order valence-corrected chi connectivity index (χ0v) is 12.7. The number of unbranched alkanes of at least 4 members (excludes halogenated alkanes) is 2. The van der Waals surface area contributed by atoms with Crippen LogP contribution in [0.15, 0.2) is 0 Å². The molecule has 0 aromatic carbocycles. The van der Waals surface area contributed by atoms with Crippen molar-refractivity contribution in [3.05, 3.63) is 0 Å². The van der Waals surface area contributed by atoms with Crippen LogP contribution in [0.5, 0.6) is 0 Å². The summed E-state index contributed by atoms with van der Waals surface area (Å²) in [5.41, 5.74) is -0.725. The highest BCUT2D eigenvalue weighted by Crippen LogP contribution is 2.40. The lowest BCUT2D eigenvalue weighted by molar-refractivity contribution is -0.147. The maximum Gasteiger partial charge on any atom is 0.325 e. The van der Waals surface area contributed by atoms with Gasteiger partial charge in [-0.05, 0) is 51.7 Å². The van der Waals surface area contributed by atoms with E-state index in [0.29, 0.717) is 12.5 Å². The molecule has 4 heteroatoms. The number of hydrogen-bond donors (Lipinski definition) is 2. The van der Waals surface area contributed by atoms with Crippen molar-refractivity contribution in [1.29, 1.82) is 0 Å². The van der Waals surface area contributed by atoms with Crippen LogP contribution >= 0.6 is 0 Å². The summed E-state index contributed by atoms with van der Waals surface area (Å²) in [6.45, 7) is 6.66. The molecule has 1 rings (SSSR count). The topological polar surface area (TPSA) is 52.6 Å². The SMILES string of the molecule is CCCCCN(C)CC(NCCC)(C(=O)O)C1CC1. The second-order valence-corrected chi connectivity index (χ2v) is 5.92. The Hall–Kier alpha value is -0.610. The van der Waals surface area contributed by atoms with Gasteiger partial charge in [0.2, 0.25) is 0 Å². The number of carbonyl (C=O) groups is 1. The molecular weight excluding hydrogens is 240 g/mol. The summed E-state index contributed by atoms with van der Waals surface area (Å²) in [4.78, 5) is 14.0. The Morgan fingerprint density at radius 2 is 2.00 bits per heavy atom. The predicted octanol–water partition coefficient (Wildman–Crippen LogP) is 2.34. The van der Waals surface area contributed by atoms with Gasteiger partial charge in [0.1, 0.15) is 5.54 Å². The molecule has 1 unspecified atom stereocenters. The monoisotopic (exact) mass is 270 g/mol. The molecular formula is C15H30N2O2. The minimum atomic E-state index is -0.725. The lowest BCUT2D eigenvalue weighted by Crippen LogP contribution is -2.60. The van der Waals surface area contributed by atoms with E-state index in [1.807, 2.05) is 7.05 Å². The molecule has 1 aliphatic rings. The summed E-state index contributed by atoms with van der Waals surface area (Å²) in [7, 11) is 2.04. The number of hydrogen-bond acceptors (Lipinski definition) is 3. The van der Waals surface area contributed by atoms with Crippen molar-refractivity contribution in [3.8, 4) is 0 Å². The zero-order valence-electron chi connectivity index (χ0n) is 12.7. The third-order valence-electron chi connectivity index (χ3n) is 4.01. The molecule has 0 spiro atoms. The molecule has 1 atom stereocenters. The Balaban J connectivity index is 2.59. The highest BCUT2D eigenvalue weighted by molar-refractivity contribution is 5.80. The molecule has 2 N–H and O–H groups in total. The minimum Gasteiger partial charge on any atom is -0.480 e. The van der Waals surface area contributed by atoms with E-state index in [0.717, 1.165) is 38.8 Å². The number of aliphatic carboxylic acids is 1. The smallest absolute Gasteiger partial charge is 0.325 e. The van der Waals surface area contributed by atoms with Gasteiger partial charge in [-0.15, -0.1) is 0 Å². The first-order valence-electron chi connectivity index (χ1n) is 7.73. The Labute approximate surface area is 117 Å². The molecule has 0 bridgehead atoms. The van der Waals surface area contributed by atoms with E-state index in [2.05, 4.69) is 24.1 Å². The maximum absolute atomic E-state index is 11.8. The van der Waals surface area contributed by atoms with Crippen molar-refractivity contribution >= 4 is 5.97 Å². The van der Waals surface area contributed by atoms with Crippen LogP contribution in [-0.2, 0) is 4.79 Å². The minimum absolute atomic E-state index is 0.310. The number of carboxylic acids is 1. The number of nitrogens with one attached hydrogen (secondary N) is 1. The average Bonchev–Trinajstić information content (AvgIpc) is 3.19. The third-order valence-corrected chi connectivity index (χ3v) is 4.01. The lowest BCUT2D eigenvalue weighted by Gasteiger charge is -2.35.